The number of hydroxylamine groups is 2. The fraction of sp³-hybridized carbons (Fsp3) is 1.00. The molecule has 0 spiro atoms. The Balaban J connectivity index is 2.98. The van der Waals surface area contributed by atoms with E-state index in [-0.39, 0.29) is 6.67 Å². The molecule has 42 valence electrons. The molecule has 0 aromatic rings. The van der Waals surface area contributed by atoms with Crippen LogP contribution >= 0.6 is 0 Å². The van der Waals surface area contributed by atoms with Gasteiger partial charge in [-0.3, -0.25) is 0 Å². The average molecular weight is 104 g/mol. The molecule has 0 saturated heterocycles. The van der Waals surface area contributed by atoms with Gasteiger partial charge in [-0.05, 0) is 0 Å². The van der Waals surface area contributed by atoms with Gasteiger partial charge in [0.1, 0.15) is 0 Å². The molecule has 0 radical (unpaired) electrons. The highest BCUT2D eigenvalue weighted by molar-refractivity contribution is 4.32. The molecule has 0 aliphatic rings. The molecular formula is C3H8N2O2. The van der Waals surface area contributed by atoms with Gasteiger partial charge in [-0.25, -0.2) is 0 Å². The van der Waals surface area contributed by atoms with Gasteiger partial charge in [-0.1, -0.05) is 12.1 Å². The van der Waals surface area contributed by atoms with Crippen molar-refractivity contribution in [1.82, 2.24) is 5.06 Å². The van der Waals surface area contributed by atoms with Gasteiger partial charge < -0.3 is 5.21 Å². The Hall–Kier alpha value is -0.480. The molecule has 0 aliphatic carbocycles. The number of rotatable bonds is 3. The van der Waals surface area contributed by atoms with Crippen molar-refractivity contribution in [2.45, 2.75) is 6.92 Å². The maximum Gasteiger partial charge on any atom is 0.156 e. The number of nitrogens with zero attached hydrogens (tertiary/aromatic N) is 2. The molecular weight excluding hydrogens is 96.0 g/mol. The van der Waals surface area contributed by atoms with Gasteiger partial charge in [-0.15, -0.1) is 4.91 Å². The van der Waals surface area contributed by atoms with Crippen LogP contribution in [-0.2, 0) is 0 Å². The average Bonchev–Trinajstić information content (AvgIpc) is 1.68. The molecule has 4 nitrogen and oxygen atoms in total. The summed E-state index contributed by atoms with van der Waals surface area (Å²) in [4.78, 5) is 9.32. The normalized spacial score (nSPS) is 9.57. The van der Waals surface area contributed by atoms with Crippen LogP contribution in [0.1, 0.15) is 6.92 Å². The molecule has 1 N–H and O–H groups in total. The third-order valence-corrected chi connectivity index (χ3v) is 0.586. The molecule has 0 saturated carbocycles. The zero-order valence-electron chi connectivity index (χ0n) is 4.16. The molecule has 0 unspecified atom stereocenters. The van der Waals surface area contributed by atoms with E-state index in [4.69, 9.17) is 5.21 Å². The maximum atomic E-state index is 9.32. The van der Waals surface area contributed by atoms with Gasteiger partial charge in [0.05, 0.1) is 0 Å². The fourth-order valence-corrected chi connectivity index (χ4v) is 0.167. The van der Waals surface area contributed by atoms with Gasteiger partial charge in [0, 0.05) is 6.54 Å². The van der Waals surface area contributed by atoms with E-state index < -0.39 is 0 Å². The summed E-state index contributed by atoms with van der Waals surface area (Å²) >= 11 is 0. The largest absolute Gasteiger partial charge is 0.312 e. The first-order valence-corrected chi connectivity index (χ1v) is 2.04. The SMILES string of the molecule is CCN(O)CN=O. The Bertz CT molecular complexity index is 56.9. The second-order valence-electron chi connectivity index (χ2n) is 1.09. The first-order valence-electron chi connectivity index (χ1n) is 2.04. The van der Waals surface area contributed by atoms with Gasteiger partial charge in [0.25, 0.3) is 0 Å². The molecule has 0 aromatic carbocycles. The molecule has 0 amide bonds. The van der Waals surface area contributed by atoms with Crippen molar-refractivity contribution in [3.63, 3.8) is 0 Å². The molecule has 0 aliphatic heterocycles. The van der Waals surface area contributed by atoms with E-state index in [1.165, 1.54) is 0 Å². The van der Waals surface area contributed by atoms with E-state index in [1.807, 2.05) is 0 Å². The Morgan fingerprint density at radius 3 is 2.57 bits per heavy atom. The molecule has 0 rings (SSSR count). The highest BCUT2D eigenvalue weighted by Gasteiger charge is 1.90. The predicted octanol–water partition coefficient (Wildman–Crippen LogP) is 0.421. The van der Waals surface area contributed by atoms with Gasteiger partial charge in [0.2, 0.25) is 0 Å². The van der Waals surface area contributed by atoms with Crippen LogP contribution in [0.3, 0.4) is 0 Å². The fourth-order valence-electron chi connectivity index (χ4n) is 0.167. The standard InChI is InChI=1S/C3H8N2O2/c1-2-5(7)3-4-6/h7H,2-3H2,1H3. The lowest BCUT2D eigenvalue weighted by Crippen LogP contribution is -2.17. The van der Waals surface area contributed by atoms with Crippen LogP contribution in [0.5, 0.6) is 0 Å². The van der Waals surface area contributed by atoms with Crippen LogP contribution in [-0.4, -0.2) is 23.5 Å². The van der Waals surface area contributed by atoms with Crippen molar-refractivity contribution >= 4 is 0 Å². The van der Waals surface area contributed by atoms with E-state index in [0.29, 0.717) is 6.54 Å². The topological polar surface area (TPSA) is 52.9 Å². The van der Waals surface area contributed by atoms with Crippen molar-refractivity contribution in [3.05, 3.63) is 4.91 Å². The summed E-state index contributed by atoms with van der Waals surface area (Å²) < 4.78 is 0. The minimum absolute atomic E-state index is 0.142. The smallest absolute Gasteiger partial charge is 0.156 e. The van der Waals surface area contributed by atoms with Gasteiger partial charge >= 0.3 is 0 Å². The molecule has 0 bridgehead atoms. The lowest BCUT2D eigenvalue weighted by molar-refractivity contribution is -0.0836. The van der Waals surface area contributed by atoms with Crippen molar-refractivity contribution < 1.29 is 5.21 Å². The van der Waals surface area contributed by atoms with E-state index in [9.17, 15) is 4.91 Å². The summed E-state index contributed by atoms with van der Waals surface area (Å²) in [5.74, 6) is 0. The molecule has 0 fully saturated rings. The minimum Gasteiger partial charge on any atom is -0.312 e. The van der Waals surface area contributed by atoms with Crippen LogP contribution in [0.4, 0.5) is 0 Å². The van der Waals surface area contributed by atoms with Crippen LogP contribution < -0.4 is 0 Å². The van der Waals surface area contributed by atoms with E-state index in [1.54, 1.807) is 6.92 Å². The zero-order valence-corrected chi connectivity index (χ0v) is 4.16. The van der Waals surface area contributed by atoms with Crippen molar-refractivity contribution in [1.29, 1.82) is 0 Å². The Labute approximate surface area is 41.7 Å². The zero-order chi connectivity index (χ0) is 5.70. The maximum absolute atomic E-state index is 9.32. The summed E-state index contributed by atoms with van der Waals surface area (Å²) in [6.45, 7) is 2.02. The van der Waals surface area contributed by atoms with E-state index in [0.717, 1.165) is 5.06 Å². The summed E-state index contributed by atoms with van der Waals surface area (Å²) in [6, 6.07) is 0. The number of nitroso groups, excluding NO2 is 1. The molecule has 4 heteroatoms. The third kappa shape index (κ3) is 3.35. The molecule has 0 aromatic heterocycles. The first-order chi connectivity index (χ1) is 3.31. The monoisotopic (exact) mass is 104 g/mol. The Morgan fingerprint density at radius 1 is 1.86 bits per heavy atom. The first kappa shape index (κ1) is 6.52. The molecule has 0 heterocycles. The van der Waals surface area contributed by atoms with Gasteiger partial charge in [-0.2, -0.15) is 5.06 Å². The van der Waals surface area contributed by atoms with Crippen LogP contribution in [0.2, 0.25) is 0 Å². The van der Waals surface area contributed by atoms with E-state index >= 15 is 0 Å². The summed E-state index contributed by atoms with van der Waals surface area (Å²) in [5, 5.41) is 11.7. The predicted molar refractivity (Wildman–Crippen MR) is 24.8 cm³/mol. The number of hydrogen-bond donors (Lipinski definition) is 1. The highest BCUT2D eigenvalue weighted by Crippen LogP contribution is 1.76. The summed E-state index contributed by atoms with van der Waals surface area (Å²) in [6.07, 6.45) is 0. The second kappa shape index (κ2) is 3.70. The minimum atomic E-state index is -0.142. The molecule has 7 heavy (non-hydrogen) atoms. The number of hydrogen-bond acceptors (Lipinski definition) is 4. The quantitative estimate of drug-likeness (QED) is 0.417. The Morgan fingerprint density at radius 2 is 2.43 bits per heavy atom. The second-order valence-corrected chi connectivity index (χ2v) is 1.09. The van der Waals surface area contributed by atoms with Crippen molar-refractivity contribution in [2.75, 3.05) is 13.2 Å². The van der Waals surface area contributed by atoms with E-state index in [2.05, 4.69) is 5.18 Å². The molecule has 0 atom stereocenters. The Kier molecular flexibility index (Phi) is 3.45. The van der Waals surface area contributed by atoms with Crippen molar-refractivity contribution in [2.24, 2.45) is 5.18 Å². The summed E-state index contributed by atoms with van der Waals surface area (Å²) in [7, 11) is 0. The highest BCUT2D eigenvalue weighted by atomic mass is 16.5. The lowest BCUT2D eigenvalue weighted by atomic mass is 10.7. The van der Waals surface area contributed by atoms with Gasteiger partial charge in [0.15, 0.2) is 6.67 Å². The van der Waals surface area contributed by atoms with Crippen LogP contribution in [0, 0.1) is 4.91 Å². The van der Waals surface area contributed by atoms with Crippen LogP contribution in [0.25, 0.3) is 0 Å². The summed E-state index contributed by atoms with van der Waals surface area (Å²) in [5.41, 5.74) is 0. The van der Waals surface area contributed by atoms with Crippen molar-refractivity contribution in [3.8, 4) is 0 Å². The third-order valence-electron chi connectivity index (χ3n) is 0.586. The lowest BCUT2D eigenvalue weighted by Gasteiger charge is -2.02. The van der Waals surface area contributed by atoms with Crippen LogP contribution in [0.15, 0.2) is 5.18 Å².